The highest BCUT2D eigenvalue weighted by molar-refractivity contribution is 5.76. The Morgan fingerprint density at radius 3 is 2.03 bits per heavy atom. The monoisotopic (exact) mass is 510 g/mol. The number of aliphatic carboxylic acids is 1. The number of quaternary nitrogens is 1. The molecule has 0 saturated carbocycles. The molecule has 0 radical (unpaired) electrons. The molecule has 0 spiro atoms. The van der Waals surface area contributed by atoms with Crippen molar-refractivity contribution in [3.05, 3.63) is 60.2 Å². The summed E-state index contributed by atoms with van der Waals surface area (Å²) in [5.41, 5.74) is 3.87. The van der Waals surface area contributed by atoms with Gasteiger partial charge < -0.3 is 20.2 Å². The van der Waals surface area contributed by atoms with E-state index in [1.54, 1.807) is 0 Å². The molecular formula is C31H48N3O3+. The Balaban J connectivity index is 1.65. The van der Waals surface area contributed by atoms with Crippen molar-refractivity contribution in [1.82, 2.24) is 10.6 Å². The average Bonchev–Trinajstić information content (AvgIpc) is 2.83. The molecule has 0 saturated heterocycles. The zero-order chi connectivity index (χ0) is 27.3. The summed E-state index contributed by atoms with van der Waals surface area (Å²) < 4.78 is 0.587. The maximum Gasteiger partial charge on any atom is 0.315 e. The molecule has 6 heteroatoms. The molecule has 0 heterocycles. The Morgan fingerprint density at radius 1 is 0.838 bits per heavy atom. The molecule has 0 aromatic heterocycles. The lowest BCUT2D eigenvalue weighted by molar-refractivity contribution is -0.871. The highest BCUT2D eigenvalue weighted by atomic mass is 16.4. The molecule has 2 atom stereocenters. The topological polar surface area (TPSA) is 78.4 Å². The molecule has 0 bridgehead atoms. The van der Waals surface area contributed by atoms with Crippen molar-refractivity contribution in [3.63, 3.8) is 0 Å². The van der Waals surface area contributed by atoms with E-state index in [0.717, 1.165) is 32.1 Å². The molecule has 0 aliphatic carbocycles. The number of hydrogen-bond donors (Lipinski definition) is 3. The number of carbonyl (C=O) groups is 2. The van der Waals surface area contributed by atoms with Gasteiger partial charge in [0.25, 0.3) is 0 Å². The van der Waals surface area contributed by atoms with Crippen LogP contribution in [0.4, 0.5) is 4.79 Å². The Kier molecular flexibility index (Phi) is 12.6. The van der Waals surface area contributed by atoms with Crippen LogP contribution in [0.25, 0.3) is 11.1 Å². The number of carboxylic acids is 1. The predicted octanol–water partition coefficient (Wildman–Crippen LogP) is 5.97. The molecule has 1 unspecified atom stereocenters. The fourth-order valence-electron chi connectivity index (χ4n) is 4.71. The Labute approximate surface area is 224 Å². The third-order valence-corrected chi connectivity index (χ3v) is 6.58. The van der Waals surface area contributed by atoms with Crippen molar-refractivity contribution in [3.8, 4) is 11.1 Å². The smallest absolute Gasteiger partial charge is 0.315 e. The molecule has 2 rings (SSSR count). The number of nitrogens with zero attached hydrogens (tertiary/aromatic N) is 1. The van der Waals surface area contributed by atoms with Crippen LogP contribution in [0, 0.1) is 11.8 Å². The molecule has 204 valence electrons. The number of rotatable bonds is 16. The summed E-state index contributed by atoms with van der Waals surface area (Å²) in [5.74, 6) is -1.20. The number of aryl methyl sites for hydroxylation is 1. The van der Waals surface area contributed by atoms with Gasteiger partial charge in [-0.3, -0.25) is 4.79 Å². The van der Waals surface area contributed by atoms with Crippen LogP contribution < -0.4 is 10.6 Å². The van der Waals surface area contributed by atoms with Crippen molar-refractivity contribution in [2.24, 2.45) is 11.8 Å². The number of amides is 2. The number of nitrogens with one attached hydrogen (secondary N) is 2. The van der Waals surface area contributed by atoms with Crippen LogP contribution in [0.5, 0.6) is 0 Å². The Bertz CT molecular complexity index is 936. The van der Waals surface area contributed by atoms with Gasteiger partial charge in [0, 0.05) is 6.54 Å². The summed E-state index contributed by atoms with van der Waals surface area (Å²) in [5, 5.41) is 15.7. The fourth-order valence-corrected chi connectivity index (χ4v) is 4.71. The zero-order valence-electron chi connectivity index (χ0n) is 23.5. The first-order valence-corrected chi connectivity index (χ1v) is 13.8. The SMILES string of the molecule is CC(C)C[C@@H](C(=O)O)C(C[N+](C)(C)C)NC(=O)NCCCCCCCc1ccc(-c2ccccc2)cc1. The van der Waals surface area contributed by atoms with Gasteiger partial charge in [0.1, 0.15) is 0 Å². The molecule has 37 heavy (non-hydrogen) atoms. The summed E-state index contributed by atoms with van der Waals surface area (Å²) in [6.07, 6.45) is 7.10. The van der Waals surface area contributed by atoms with Gasteiger partial charge in [-0.2, -0.15) is 0 Å². The van der Waals surface area contributed by atoms with Crippen LogP contribution in [0.1, 0.15) is 57.9 Å². The first-order valence-electron chi connectivity index (χ1n) is 13.8. The number of benzene rings is 2. The normalized spacial score (nSPS) is 13.2. The van der Waals surface area contributed by atoms with E-state index in [1.165, 1.54) is 23.1 Å². The second kappa shape index (κ2) is 15.4. The zero-order valence-corrected chi connectivity index (χ0v) is 23.5. The maximum atomic E-state index is 12.5. The standard InChI is InChI=1S/C31H47N3O3/c1-24(2)22-28(30(35)36)29(23-34(3,4)5)33-31(37)32-21-13-8-6-7-10-14-25-17-19-27(20-18-25)26-15-11-9-12-16-26/h9,11-12,15-20,24,28-29H,6-8,10,13-14,21-23H2,1-5H3,(H2-,32,33,35,36,37)/p+1/t28-,29?/m1/s1. The van der Waals surface area contributed by atoms with Crippen molar-refractivity contribution in [2.45, 2.75) is 64.8 Å². The second-order valence-electron chi connectivity index (χ2n) is 11.6. The van der Waals surface area contributed by atoms with E-state index in [-0.39, 0.29) is 11.9 Å². The summed E-state index contributed by atoms with van der Waals surface area (Å²) in [7, 11) is 6.04. The highest BCUT2D eigenvalue weighted by Crippen LogP contribution is 2.20. The minimum Gasteiger partial charge on any atom is -0.481 e. The van der Waals surface area contributed by atoms with Crippen molar-refractivity contribution in [2.75, 3.05) is 34.2 Å². The maximum absolute atomic E-state index is 12.5. The first kappa shape index (κ1) is 30.4. The Morgan fingerprint density at radius 2 is 1.43 bits per heavy atom. The molecule has 0 fully saturated rings. The van der Waals surface area contributed by atoms with Crippen LogP contribution >= 0.6 is 0 Å². The lowest BCUT2D eigenvalue weighted by atomic mass is 9.89. The fraction of sp³-hybridized carbons (Fsp3) is 0.548. The van der Waals surface area contributed by atoms with Gasteiger partial charge in [0.05, 0.1) is 39.6 Å². The number of likely N-dealkylation sites (N-methyl/N-ethyl adjacent to an activating group) is 1. The first-order chi connectivity index (χ1) is 17.5. The molecule has 2 aromatic carbocycles. The molecule has 0 aliphatic rings. The number of carbonyl (C=O) groups excluding carboxylic acids is 1. The highest BCUT2D eigenvalue weighted by Gasteiger charge is 2.34. The van der Waals surface area contributed by atoms with E-state index in [4.69, 9.17) is 0 Å². The molecule has 6 nitrogen and oxygen atoms in total. The van der Waals surface area contributed by atoms with Gasteiger partial charge in [-0.15, -0.1) is 0 Å². The molecular weight excluding hydrogens is 462 g/mol. The largest absolute Gasteiger partial charge is 0.481 e. The van der Waals surface area contributed by atoms with E-state index in [1.807, 2.05) is 41.1 Å². The van der Waals surface area contributed by atoms with Crippen LogP contribution in [0.3, 0.4) is 0 Å². The lowest BCUT2D eigenvalue weighted by Gasteiger charge is -2.33. The van der Waals surface area contributed by atoms with E-state index in [9.17, 15) is 14.7 Å². The molecule has 0 aliphatic heterocycles. The minimum absolute atomic E-state index is 0.245. The summed E-state index contributed by atoms with van der Waals surface area (Å²) in [4.78, 5) is 24.5. The summed E-state index contributed by atoms with van der Waals surface area (Å²) in [6, 6.07) is 18.6. The van der Waals surface area contributed by atoms with E-state index < -0.39 is 17.9 Å². The Hall–Kier alpha value is -2.86. The van der Waals surface area contributed by atoms with Gasteiger partial charge in [-0.25, -0.2) is 4.79 Å². The van der Waals surface area contributed by atoms with E-state index in [2.05, 4.69) is 59.2 Å². The van der Waals surface area contributed by atoms with Gasteiger partial charge in [-0.1, -0.05) is 87.7 Å². The van der Waals surface area contributed by atoms with Gasteiger partial charge in [0.15, 0.2) is 0 Å². The third-order valence-electron chi connectivity index (χ3n) is 6.58. The van der Waals surface area contributed by atoms with E-state index in [0.29, 0.717) is 24.0 Å². The molecule has 2 aromatic rings. The van der Waals surface area contributed by atoms with Crippen LogP contribution in [-0.2, 0) is 11.2 Å². The third kappa shape index (κ3) is 12.3. The number of carboxylic acid groups (broad SMARTS) is 1. The van der Waals surface area contributed by atoms with Crippen molar-refractivity contribution >= 4 is 12.0 Å². The van der Waals surface area contributed by atoms with E-state index >= 15 is 0 Å². The predicted molar refractivity (Wildman–Crippen MR) is 152 cm³/mol. The quantitative estimate of drug-likeness (QED) is 0.192. The van der Waals surface area contributed by atoms with Gasteiger partial charge in [-0.05, 0) is 48.3 Å². The van der Waals surface area contributed by atoms with Gasteiger partial charge >= 0.3 is 12.0 Å². The second-order valence-corrected chi connectivity index (χ2v) is 11.6. The number of unbranched alkanes of at least 4 members (excludes halogenated alkanes) is 4. The molecule has 3 N–H and O–H groups in total. The van der Waals surface area contributed by atoms with Crippen molar-refractivity contribution < 1.29 is 19.2 Å². The van der Waals surface area contributed by atoms with Crippen LogP contribution in [0.2, 0.25) is 0 Å². The van der Waals surface area contributed by atoms with Crippen molar-refractivity contribution in [1.29, 1.82) is 0 Å². The number of hydrogen-bond acceptors (Lipinski definition) is 2. The summed E-state index contributed by atoms with van der Waals surface area (Å²) >= 11 is 0. The minimum atomic E-state index is -0.848. The number of urea groups is 1. The van der Waals surface area contributed by atoms with Crippen LogP contribution in [-0.4, -0.2) is 61.9 Å². The van der Waals surface area contributed by atoms with Crippen LogP contribution in [0.15, 0.2) is 54.6 Å². The van der Waals surface area contributed by atoms with Gasteiger partial charge in [0.2, 0.25) is 0 Å². The average molecular weight is 511 g/mol. The molecule has 2 amide bonds. The summed E-state index contributed by atoms with van der Waals surface area (Å²) in [6.45, 7) is 5.19. The lowest BCUT2D eigenvalue weighted by Crippen LogP contribution is -2.56.